The molecule has 0 saturated heterocycles. The molecule has 0 aliphatic heterocycles. The molecule has 0 spiro atoms. The van der Waals surface area contributed by atoms with Gasteiger partial charge in [0.15, 0.2) is 0 Å². The first-order valence-corrected chi connectivity index (χ1v) is 7.25. The molecule has 0 aliphatic carbocycles. The molecule has 1 N–H and O–H groups in total. The Hall–Kier alpha value is -1.09. The van der Waals surface area contributed by atoms with E-state index in [1.165, 1.54) is 0 Å². The van der Waals surface area contributed by atoms with Gasteiger partial charge in [-0.2, -0.15) is 0 Å². The maximum atomic E-state index is 6.23. The zero-order valence-electron chi connectivity index (χ0n) is 11.3. The van der Waals surface area contributed by atoms with Gasteiger partial charge in [0.2, 0.25) is 0 Å². The molecule has 0 unspecified atom stereocenters. The first kappa shape index (κ1) is 15.3. The number of benzene rings is 2. The van der Waals surface area contributed by atoms with Crippen molar-refractivity contribution >= 4 is 46.2 Å². The second kappa shape index (κ2) is 6.57. The number of hydrogen-bond donors (Lipinski definition) is 1. The maximum absolute atomic E-state index is 6.23. The van der Waals surface area contributed by atoms with Crippen LogP contribution in [0, 0.1) is 0 Å². The zero-order chi connectivity index (χ0) is 14.7. The first-order chi connectivity index (χ1) is 9.47. The van der Waals surface area contributed by atoms with Crippen molar-refractivity contribution in [2.24, 2.45) is 0 Å². The quantitative estimate of drug-likeness (QED) is 0.816. The van der Waals surface area contributed by atoms with Crippen LogP contribution in [0.4, 0.5) is 11.4 Å². The van der Waals surface area contributed by atoms with Crippen LogP contribution < -0.4 is 10.2 Å². The molecule has 0 atom stereocenters. The molecule has 2 aromatic rings. The molecule has 0 amide bonds. The van der Waals surface area contributed by atoms with E-state index in [0.717, 1.165) is 16.9 Å². The van der Waals surface area contributed by atoms with Gasteiger partial charge in [0.05, 0.1) is 10.7 Å². The van der Waals surface area contributed by atoms with Gasteiger partial charge in [-0.25, -0.2) is 0 Å². The normalized spacial score (nSPS) is 10.4. The van der Waals surface area contributed by atoms with E-state index in [2.05, 4.69) is 5.32 Å². The predicted molar refractivity (Wildman–Crippen MR) is 89.6 cm³/mol. The Bertz CT molecular complexity index is 612. The Morgan fingerprint density at radius 1 is 0.950 bits per heavy atom. The number of hydrogen-bond acceptors (Lipinski definition) is 2. The molecule has 5 heteroatoms. The summed E-state index contributed by atoms with van der Waals surface area (Å²) in [5.74, 6) is 0. The van der Waals surface area contributed by atoms with Gasteiger partial charge in [-0.3, -0.25) is 0 Å². The molecule has 106 valence electrons. The molecule has 2 nitrogen and oxygen atoms in total. The van der Waals surface area contributed by atoms with Crippen molar-refractivity contribution in [1.82, 2.24) is 0 Å². The third-order valence-electron chi connectivity index (χ3n) is 2.92. The minimum Gasteiger partial charge on any atom is -0.381 e. The molecule has 0 fully saturated rings. The number of rotatable bonds is 4. The van der Waals surface area contributed by atoms with Gasteiger partial charge in [0.25, 0.3) is 0 Å². The fourth-order valence-electron chi connectivity index (χ4n) is 1.86. The highest BCUT2D eigenvalue weighted by Gasteiger charge is 2.05. The van der Waals surface area contributed by atoms with Crippen LogP contribution in [0.1, 0.15) is 5.56 Å². The predicted octanol–water partition coefficient (Wildman–Crippen LogP) is 5.32. The number of anilines is 2. The lowest BCUT2D eigenvalue weighted by molar-refractivity contribution is 1.12. The Morgan fingerprint density at radius 3 is 2.35 bits per heavy atom. The highest BCUT2D eigenvalue weighted by Crippen LogP contribution is 2.28. The second-order valence-electron chi connectivity index (χ2n) is 4.65. The SMILES string of the molecule is CN(C)c1ccc(NCc2cc(Cl)ccc2Cl)cc1Cl. The average Bonchev–Trinajstić information content (AvgIpc) is 2.39. The monoisotopic (exact) mass is 328 g/mol. The third-order valence-corrected chi connectivity index (χ3v) is 3.83. The molecule has 0 radical (unpaired) electrons. The summed E-state index contributed by atoms with van der Waals surface area (Å²) in [6.07, 6.45) is 0. The third kappa shape index (κ3) is 3.72. The van der Waals surface area contributed by atoms with Crippen LogP contribution in [-0.2, 0) is 6.54 Å². The van der Waals surface area contributed by atoms with E-state index >= 15 is 0 Å². The lowest BCUT2D eigenvalue weighted by Crippen LogP contribution is -2.09. The van der Waals surface area contributed by atoms with Crippen molar-refractivity contribution in [2.75, 3.05) is 24.3 Å². The van der Waals surface area contributed by atoms with Gasteiger partial charge < -0.3 is 10.2 Å². The van der Waals surface area contributed by atoms with Crippen molar-refractivity contribution in [3.05, 3.63) is 57.0 Å². The van der Waals surface area contributed by atoms with E-state index in [9.17, 15) is 0 Å². The largest absolute Gasteiger partial charge is 0.381 e. The first-order valence-electron chi connectivity index (χ1n) is 6.12. The summed E-state index contributed by atoms with van der Waals surface area (Å²) in [7, 11) is 3.92. The Balaban J connectivity index is 2.11. The van der Waals surface area contributed by atoms with Crippen LogP contribution in [0.15, 0.2) is 36.4 Å². The Morgan fingerprint density at radius 2 is 1.70 bits per heavy atom. The average molecular weight is 330 g/mol. The molecular weight excluding hydrogens is 315 g/mol. The summed E-state index contributed by atoms with van der Waals surface area (Å²) in [5.41, 5.74) is 2.88. The topological polar surface area (TPSA) is 15.3 Å². The van der Waals surface area contributed by atoms with Crippen LogP contribution in [0.5, 0.6) is 0 Å². The molecule has 0 bridgehead atoms. The van der Waals surface area contributed by atoms with Gasteiger partial charge in [0, 0.05) is 36.4 Å². The molecule has 20 heavy (non-hydrogen) atoms. The Labute approximate surface area is 134 Å². The maximum Gasteiger partial charge on any atom is 0.0659 e. The van der Waals surface area contributed by atoms with Crippen LogP contribution >= 0.6 is 34.8 Å². The summed E-state index contributed by atoms with van der Waals surface area (Å²) in [4.78, 5) is 1.97. The van der Waals surface area contributed by atoms with E-state index < -0.39 is 0 Å². The molecule has 0 heterocycles. The second-order valence-corrected chi connectivity index (χ2v) is 5.90. The minimum absolute atomic E-state index is 0.594. The van der Waals surface area contributed by atoms with E-state index in [4.69, 9.17) is 34.8 Å². The zero-order valence-corrected chi connectivity index (χ0v) is 13.5. The van der Waals surface area contributed by atoms with Crippen LogP contribution in [0.25, 0.3) is 0 Å². The number of nitrogens with one attached hydrogen (secondary N) is 1. The van der Waals surface area contributed by atoms with Crippen molar-refractivity contribution in [3.8, 4) is 0 Å². The van der Waals surface area contributed by atoms with E-state index in [0.29, 0.717) is 21.6 Å². The summed E-state index contributed by atoms with van der Waals surface area (Å²) in [6.45, 7) is 0.594. The molecule has 2 aromatic carbocycles. The van der Waals surface area contributed by atoms with Gasteiger partial charge in [-0.1, -0.05) is 34.8 Å². The van der Waals surface area contributed by atoms with E-state index in [1.54, 1.807) is 12.1 Å². The summed E-state index contributed by atoms with van der Waals surface area (Å²) < 4.78 is 0. The van der Waals surface area contributed by atoms with Crippen LogP contribution in [0.2, 0.25) is 15.1 Å². The highest BCUT2D eigenvalue weighted by atomic mass is 35.5. The van der Waals surface area contributed by atoms with E-state index in [1.807, 2.05) is 43.3 Å². The van der Waals surface area contributed by atoms with Gasteiger partial charge in [-0.15, -0.1) is 0 Å². The highest BCUT2D eigenvalue weighted by molar-refractivity contribution is 6.34. The summed E-state index contributed by atoms with van der Waals surface area (Å²) in [6, 6.07) is 11.3. The van der Waals surface area contributed by atoms with Gasteiger partial charge in [-0.05, 0) is 42.0 Å². The fraction of sp³-hybridized carbons (Fsp3) is 0.200. The smallest absolute Gasteiger partial charge is 0.0659 e. The fourth-order valence-corrected chi connectivity index (χ4v) is 2.58. The van der Waals surface area contributed by atoms with Crippen molar-refractivity contribution in [3.63, 3.8) is 0 Å². The number of nitrogens with zero attached hydrogens (tertiary/aromatic N) is 1. The summed E-state index contributed by atoms with van der Waals surface area (Å²) in [5, 5.41) is 5.36. The molecule has 0 aliphatic rings. The van der Waals surface area contributed by atoms with Crippen LogP contribution in [0.3, 0.4) is 0 Å². The lowest BCUT2D eigenvalue weighted by Gasteiger charge is -2.16. The molecule has 0 saturated carbocycles. The van der Waals surface area contributed by atoms with Crippen molar-refractivity contribution in [2.45, 2.75) is 6.54 Å². The standard InChI is InChI=1S/C15H15Cl3N2/c1-20(2)15-6-4-12(8-14(15)18)19-9-10-7-11(16)3-5-13(10)17/h3-8,19H,9H2,1-2H3. The number of halogens is 3. The lowest BCUT2D eigenvalue weighted by atomic mass is 10.2. The van der Waals surface area contributed by atoms with E-state index in [-0.39, 0.29) is 0 Å². The van der Waals surface area contributed by atoms with Crippen LogP contribution in [-0.4, -0.2) is 14.1 Å². The molecular formula is C15H15Cl3N2. The summed E-state index contributed by atoms with van der Waals surface area (Å²) >= 11 is 18.3. The molecule has 2 rings (SSSR count). The minimum atomic E-state index is 0.594. The van der Waals surface area contributed by atoms with Gasteiger partial charge >= 0.3 is 0 Å². The Kier molecular flexibility index (Phi) is 5.03. The van der Waals surface area contributed by atoms with Crippen molar-refractivity contribution < 1.29 is 0 Å². The van der Waals surface area contributed by atoms with Gasteiger partial charge in [0.1, 0.15) is 0 Å². The molecule has 0 aromatic heterocycles. The van der Waals surface area contributed by atoms with Crippen molar-refractivity contribution in [1.29, 1.82) is 0 Å².